The molecule has 0 bridgehead atoms. The maximum atomic E-state index is 11.0. The van der Waals surface area contributed by atoms with Crippen LogP contribution in [0, 0.1) is 0 Å². The highest BCUT2D eigenvalue weighted by Crippen LogP contribution is 2.16. The molecule has 8 nitrogen and oxygen atoms in total. The lowest BCUT2D eigenvalue weighted by atomic mass is 10.3. The second-order valence-corrected chi connectivity index (χ2v) is 9.12. The van der Waals surface area contributed by atoms with E-state index in [1.165, 1.54) is 0 Å². The van der Waals surface area contributed by atoms with E-state index in [1.54, 1.807) is 21.3 Å². The van der Waals surface area contributed by atoms with E-state index in [2.05, 4.69) is 4.90 Å². The molecule has 0 aromatic rings. The number of piperazine rings is 1. The Balaban J connectivity index is 2.31. The smallest absolute Gasteiger partial charge is 0.377 e. The Bertz CT molecular complexity index is 373. The molecule has 1 rings (SSSR count). The fourth-order valence-electron chi connectivity index (χ4n) is 2.26. The van der Waals surface area contributed by atoms with E-state index in [-0.39, 0.29) is 0 Å². The molecule has 0 saturated carbocycles. The Kier molecular flexibility index (Phi) is 7.01. The first kappa shape index (κ1) is 18.0. The minimum absolute atomic E-state index is 0.320. The molecule has 1 heterocycles. The molecule has 0 unspecified atom stereocenters. The van der Waals surface area contributed by atoms with Gasteiger partial charge in [0.1, 0.15) is 0 Å². The fraction of sp³-hybridized carbons (Fsp3) is 1.00. The van der Waals surface area contributed by atoms with Gasteiger partial charge in [-0.3, -0.25) is 4.55 Å². The van der Waals surface area contributed by atoms with Gasteiger partial charge in [0.2, 0.25) is 0 Å². The molecule has 1 fully saturated rings. The summed E-state index contributed by atoms with van der Waals surface area (Å²) in [5, 5.41) is 0. The second kappa shape index (κ2) is 7.80. The van der Waals surface area contributed by atoms with E-state index < -0.39 is 19.1 Å². The van der Waals surface area contributed by atoms with Crippen molar-refractivity contribution in [1.29, 1.82) is 0 Å². The maximum Gasteiger partial charge on any atom is 0.500 e. The summed E-state index contributed by atoms with van der Waals surface area (Å²) < 4.78 is 48.0. The van der Waals surface area contributed by atoms with Crippen molar-refractivity contribution in [2.45, 2.75) is 12.5 Å². The minimum Gasteiger partial charge on any atom is -0.377 e. The van der Waals surface area contributed by atoms with Crippen molar-refractivity contribution in [3.63, 3.8) is 0 Å². The van der Waals surface area contributed by atoms with Gasteiger partial charge in [0.05, 0.1) is 0 Å². The molecule has 1 N–H and O–H groups in total. The zero-order valence-corrected chi connectivity index (χ0v) is 14.1. The molecule has 120 valence electrons. The van der Waals surface area contributed by atoms with Crippen LogP contribution in [0.5, 0.6) is 0 Å². The van der Waals surface area contributed by atoms with Gasteiger partial charge in [0, 0.05) is 53.6 Å². The van der Waals surface area contributed by atoms with Crippen LogP contribution in [0.3, 0.4) is 0 Å². The Morgan fingerprint density at radius 3 is 1.95 bits per heavy atom. The zero-order chi connectivity index (χ0) is 15.2. The van der Waals surface area contributed by atoms with Crippen molar-refractivity contribution in [2.24, 2.45) is 0 Å². The number of hydrogen-bond acceptors (Lipinski definition) is 6. The Labute approximate surface area is 121 Å². The quantitative estimate of drug-likeness (QED) is 0.482. The first-order chi connectivity index (χ1) is 9.37. The lowest BCUT2D eigenvalue weighted by molar-refractivity contribution is 0.119. The highest BCUT2D eigenvalue weighted by Gasteiger charge is 2.37. The van der Waals surface area contributed by atoms with Crippen LogP contribution in [0.2, 0.25) is 6.04 Å². The van der Waals surface area contributed by atoms with Gasteiger partial charge in [-0.15, -0.1) is 0 Å². The van der Waals surface area contributed by atoms with Gasteiger partial charge in [0.15, 0.2) is 0 Å². The lowest BCUT2D eigenvalue weighted by Crippen LogP contribution is -2.49. The highest BCUT2D eigenvalue weighted by atomic mass is 32.2. The van der Waals surface area contributed by atoms with Crippen LogP contribution < -0.4 is 0 Å². The topological polar surface area (TPSA) is 88.5 Å². The van der Waals surface area contributed by atoms with Gasteiger partial charge in [0.25, 0.3) is 0 Å². The average molecular weight is 328 g/mol. The minimum atomic E-state index is -4.05. The van der Waals surface area contributed by atoms with Crippen molar-refractivity contribution in [3.8, 4) is 0 Å². The van der Waals surface area contributed by atoms with Crippen molar-refractivity contribution in [2.75, 3.05) is 54.1 Å². The molecule has 0 amide bonds. The zero-order valence-electron chi connectivity index (χ0n) is 12.2. The summed E-state index contributed by atoms with van der Waals surface area (Å²) in [6.45, 7) is 2.69. The molecule has 0 atom stereocenters. The van der Waals surface area contributed by atoms with Crippen molar-refractivity contribution in [3.05, 3.63) is 0 Å². The predicted molar refractivity (Wildman–Crippen MR) is 75.8 cm³/mol. The summed E-state index contributed by atoms with van der Waals surface area (Å²) in [7, 11) is -1.81. The molecule has 0 spiro atoms. The van der Waals surface area contributed by atoms with Gasteiger partial charge in [-0.2, -0.15) is 12.7 Å². The van der Waals surface area contributed by atoms with Crippen molar-refractivity contribution < 1.29 is 26.2 Å². The van der Waals surface area contributed by atoms with Crippen LogP contribution in [0.1, 0.15) is 6.42 Å². The standard InChI is InChI=1S/C10H24N2O6SSi/c1-16-20(17-2,18-3)10-4-5-11-6-8-12(9-7-11)19(13,14)15/h4-10H2,1-3H3,(H,13,14,15). The van der Waals surface area contributed by atoms with Gasteiger partial charge in [-0.25, -0.2) is 0 Å². The molecule has 0 radical (unpaired) electrons. The molecule has 1 saturated heterocycles. The van der Waals surface area contributed by atoms with Crippen LogP contribution in [-0.4, -0.2) is 85.0 Å². The van der Waals surface area contributed by atoms with E-state index in [4.69, 9.17) is 17.8 Å². The summed E-state index contributed by atoms with van der Waals surface area (Å²) in [6.07, 6.45) is 0.855. The average Bonchev–Trinajstić information content (AvgIpc) is 2.44. The van der Waals surface area contributed by atoms with Crippen molar-refractivity contribution >= 4 is 19.1 Å². The van der Waals surface area contributed by atoms with E-state index in [9.17, 15) is 8.42 Å². The van der Waals surface area contributed by atoms with Gasteiger partial charge in [-0.1, -0.05) is 0 Å². The summed E-state index contributed by atoms with van der Waals surface area (Å²) in [5.41, 5.74) is 0. The molecule has 0 aliphatic carbocycles. The third kappa shape index (κ3) is 5.04. The molecular weight excluding hydrogens is 304 g/mol. The normalized spacial score (nSPS) is 19.4. The molecular formula is C10H24N2O6SSi. The third-order valence-electron chi connectivity index (χ3n) is 3.55. The first-order valence-corrected chi connectivity index (χ1v) is 9.80. The van der Waals surface area contributed by atoms with Crippen LogP contribution >= 0.6 is 0 Å². The van der Waals surface area contributed by atoms with Gasteiger partial charge >= 0.3 is 19.1 Å². The van der Waals surface area contributed by atoms with E-state index >= 15 is 0 Å². The molecule has 0 aromatic carbocycles. The van der Waals surface area contributed by atoms with E-state index in [1.807, 2.05) is 0 Å². The van der Waals surface area contributed by atoms with Crippen molar-refractivity contribution in [1.82, 2.24) is 9.21 Å². The van der Waals surface area contributed by atoms with Crippen LogP contribution in [0.15, 0.2) is 0 Å². The molecule has 10 heteroatoms. The van der Waals surface area contributed by atoms with Gasteiger partial charge < -0.3 is 18.2 Å². The Morgan fingerprint density at radius 2 is 1.55 bits per heavy atom. The number of rotatable bonds is 8. The largest absolute Gasteiger partial charge is 0.500 e. The molecule has 20 heavy (non-hydrogen) atoms. The summed E-state index contributed by atoms with van der Waals surface area (Å²) >= 11 is 0. The number of nitrogens with zero attached hydrogens (tertiary/aromatic N) is 2. The molecule has 0 aromatic heterocycles. The predicted octanol–water partition coefficient (Wildman–Crippen LogP) is -0.325. The molecule has 1 aliphatic rings. The maximum absolute atomic E-state index is 11.0. The lowest BCUT2D eigenvalue weighted by Gasteiger charge is -2.33. The van der Waals surface area contributed by atoms with Gasteiger partial charge in [-0.05, 0) is 13.0 Å². The Hall–Kier alpha value is -0.0731. The summed E-state index contributed by atoms with van der Waals surface area (Å²) in [4.78, 5) is 2.15. The number of hydrogen-bond donors (Lipinski definition) is 1. The van der Waals surface area contributed by atoms with Crippen LogP contribution in [0.25, 0.3) is 0 Å². The van der Waals surface area contributed by atoms with E-state index in [0.29, 0.717) is 26.2 Å². The van der Waals surface area contributed by atoms with Crippen LogP contribution in [0.4, 0.5) is 0 Å². The summed E-state index contributed by atoms with van der Waals surface area (Å²) in [5.74, 6) is 0. The third-order valence-corrected chi connectivity index (χ3v) is 7.40. The fourth-order valence-corrected chi connectivity index (χ4v) is 4.59. The SMILES string of the molecule is CO[Si](CCCN1CCN(S(=O)(=O)O)CC1)(OC)OC. The second-order valence-electron chi connectivity index (χ2n) is 4.62. The van der Waals surface area contributed by atoms with Crippen LogP contribution in [-0.2, 0) is 23.6 Å². The summed E-state index contributed by atoms with van der Waals surface area (Å²) in [6, 6.07) is 0.717. The molecule has 1 aliphatic heterocycles. The van der Waals surface area contributed by atoms with E-state index in [0.717, 1.165) is 23.3 Å². The monoisotopic (exact) mass is 328 g/mol. The highest BCUT2D eigenvalue weighted by molar-refractivity contribution is 7.83. The first-order valence-electron chi connectivity index (χ1n) is 6.47. The Morgan fingerprint density at radius 1 is 1.05 bits per heavy atom.